The van der Waals surface area contributed by atoms with Crippen LogP contribution >= 0.6 is 11.6 Å². The first kappa shape index (κ1) is 18.2. The number of fused-ring (bicyclic) bond motifs is 3. The van der Waals surface area contributed by atoms with Crippen LogP contribution in [-0.4, -0.2) is 14.8 Å². The molecule has 0 bridgehead atoms. The van der Waals surface area contributed by atoms with E-state index in [9.17, 15) is 0 Å². The van der Waals surface area contributed by atoms with Crippen molar-refractivity contribution in [1.29, 1.82) is 0 Å². The Morgan fingerprint density at radius 3 is 2.65 bits per heavy atom. The molecule has 31 heavy (non-hydrogen) atoms. The third-order valence-electron chi connectivity index (χ3n) is 5.87. The quantitative estimate of drug-likeness (QED) is 0.440. The van der Waals surface area contributed by atoms with Crippen LogP contribution in [0.1, 0.15) is 34.4 Å². The van der Waals surface area contributed by atoms with Gasteiger partial charge in [0.15, 0.2) is 0 Å². The topological polar surface area (TPSA) is 52.0 Å². The number of anilines is 1. The van der Waals surface area contributed by atoms with E-state index in [4.69, 9.17) is 16.3 Å². The number of hydrogen-bond donors (Lipinski definition) is 1. The molecule has 0 radical (unpaired) electrons. The van der Waals surface area contributed by atoms with Crippen LogP contribution in [0.5, 0.6) is 5.75 Å². The summed E-state index contributed by atoms with van der Waals surface area (Å²) in [5.41, 5.74) is 6.45. The molecule has 0 spiro atoms. The zero-order chi connectivity index (χ0) is 20.9. The van der Waals surface area contributed by atoms with Crippen molar-refractivity contribution in [1.82, 2.24) is 14.8 Å². The molecule has 1 aromatic heterocycles. The fourth-order valence-electron chi connectivity index (χ4n) is 4.43. The van der Waals surface area contributed by atoms with E-state index in [2.05, 4.69) is 58.7 Å². The van der Waals surface area contributed by atoms with Crippen LogP contribution in [0.25, 0.3) is 5.70 Å². The second-order valence-electron chi connectivity index (χ2n) is 7.85. The van der Waals surface area contributed by atoms with Crippen molar-refractivity contribution in [2.75, 3.05) is 5.32 Å². The molecular formula is C25H19ClN4O. The van der Waals surface area contributed by atoms with Gasteiger partial charge in [0, 0.05) is 16.2 Å². The molecule has 152 valence electrons. The highest BCUT2D eigenvalue weighted by Crippen LogP contribution is 2.50. The highest BCUT2D eigenvalue weighted by Gasteiger charge is 2.40. The van der Waals surface area contributed by atoms with E-state index in [1.165, 1.54) is 5.56 Å². The van der Waals surface area contributed by atoms with E-state index in [0.717, 1.165) is 33.7 Å². The SMILES string of the molecule is Cc1ccc([C@H]2C3=C(Nc4ncnn42)c2ccccc2O[C@H]3c2cccc(Cl)c2)cc1. The molecule has 0 aliphatic carbocycles. The van der Waals surface area contributed by atoms with E-state index in [1.54, 1.807) is 6.33 Å². The molecule has 0 saturated carbocycles. The second-order valence-corrected chi connectivity index (χ2v) is 8.28. The number of aryl methyl sites for hydroxylation is 1. The molecule has 1 N–H and O–H groups in total. The minimum atomic E-state index is -0.320. The minimum absolute atomic E-state index is 0.160. The lowest BCUT2D eigenvalue weighted by Gasteiger charge is -2.39. The first-order chi connectivity index (χ1) is 15.2. The number of benzene rings is 3. The number of rotatable bonds is 2. The van der Waals surface area contributed by atoms with Gasteiger partial charge in [0.2, 0.25) is 5.95 Å². The van der Waals surface area contributed by atoms with Gasteiger partial charge in [-0.2, -0.15) is 10.1 Å². The van der Waals surface area contributed by atoms with Gasteiger partial charge < -0.3 is 10.1 Å². The fourth-order valence-corrected chi connectivity index (χ4v) is 4.63. The Hall–Kier alpha value is -3.57. The maximum atomic E-state index is 6.59. The maximum absolute atomic E-state index is 6.59. The lowest BCUT2D eigenvalue weighted by atomic mass is 9.84. The summed E-state index contributed by atoms with van der Waals surface area (Å²) in [6.45, 7) is 2.09. The summed E-state index contributed by atoms with van der Waals surface area (Å²) in [4.78, 5) is 4.47. The summed E-state index contributed by atoms with van der Waals surface area (Å²) in [5, 5.41) is 8.75. The number of aromatic nitrogens is 3. The first-order valence-electron chi connectivity index (χ1n) is 10.2. The standard InChI is InChI=1S/C25H19ClN4O/c1-15-9-11-16(12-10-15)23-21-22(29-25-27-14-28-30(23)25)19-7-2-3-8-20(19)31-24(21)17-5-4-6-18(26)13-17/h2-14,23-24H,1H3,(H,27,28,29)/t23-,24-/m0/s1. The number of nitrogens with one attached hydrogen (secondary N) is 1. The molecular weight excluding hydrogens is 408 g/mol. The first-order valence-corrected chi connectivity index (χ1v) is 10.6. The smallest absolute Gasteiger partial charge is 0.226 e. The Labute approximate surface area is 185 Å². The molecule has 0 fully saturated rings. The van der Waals surface area contributed by atoms with Crippen LogP contribution < -0.4 is 10.1 Å². The van der Waals surface area contributed by atoms with Crippen LogP contribution in [0.2, 0.25) is 5.02 Å². The molecule has 2 aliphatic rings. The summed E-state index contributed by atoms with van der Waals surface area (Å²) < 4.78 is 8.52. The van der Waals surface area contributed by atoms with Crippen molar-refractivity contribution >= 4 is 23.2 Å². The van der Waals surface area contributed by atoms with Crippen molar-refractivity contribution in [3.05, 3.63) is 112 Å². The molecule has 0 unspecified atom stereocenters. The Kier molecular flexibility index (Phi) is 4.11. The number of ether oxygens (including phenoxy) is 1. The normalized spacial score (nSPS) is 19.0. The van der Waals surface area contributed by atoms with Gasteiger partial charge in [0.05, 0.1) is 5.70 Å². The van der Waals surface area contributed by atoms with Gasteiger partial charge in [-0.3, -0.25) is 0 Å². The van der Waals surface area contributed by atoms with E-state index >= 15 is 0 Å². The molecule has 2 aliphatic heterocycles. The Morgan fingerprint density at radius 1 is 0.968 bits per heavy atom. The number of para-hydroxylation sites is 1. The number of nitrogens with zero attached hydrogens (tertiary/aromatic N) is 3. The average Bonchev–Trinajstić information content (AvgIpc) is 3.26. The summed E-state index contributed by atoms with van der Waals surface area (Å²) in [5.74, 6) is 1.54. The highest BCUT2D eigenvalue weighted by atomic mass is 35.5. The second kappa shape index (κ2) is 7.00. The summed E-state index contributed by atoms with van der Waals surface area (Å²) in [7, 11) is 0. The van der Waals surface area contributed by atoms with Crippen LogP contribution in [0, 0.1) is 6.92 Å². The zero-order valence-corrected chi connectivity index (χ0v) is 17.5. The summed E-state index contributed by atoms with van der Waals surface area (Å²) in [6, 6.07) is 24.3. The Bertz CT molecular complexity index is 1330. The van der Waals surface area contributed by atoms with Gasteiger partial charge in [-0.15, -0.1) is 0 Å². The summed E-state index contributed by atoms with van der Waals surface area (Å²) >= 11 is 6.36. The molecule has 4 aromatic rings. The van der Waals surface area contributed by atoms with E-state index < -0.39 is 0 Å². The van der Waals surface area contributed by atoms with Crippen LogP contribution in [0.15, 0.2) is 84.7 Å². The van der Waals surface area contributed by atoms with Gasteiger partial charge >= 0.3 is 0 Å². The molecule has 6 rings (SSSR count). The van der Waals surface area contributed by atoms with Crippen LogP contribution in [0.3, 0.4) is 0 Å². The predicted molar refractivity (Wildman–Crippen MR) is 121 cm³/mol. The lowest BCUT2D eigenvalue weighted by Crippen LogP contribution is -2.32. The molecule has 2 atom stereocenters. The fraction of sp³-hybridized carbons (Fsp3) is 0.120. The van der Waals surface area contributed by atoms with E-state index in [0.29, 0.717) is 11.0 Å². The van der Waals surface area contributed by atoms with Crippen molar-refractivity contribution < 1.29 is 4.74 Å². The molecule has 0 amide bonds. The van der Waals surface area contributed by atoms with Crippen molar-refractivity contribution in [3.63, 3.8) is 0 Å². The molecule has 5 nitrogen and oxygen atoms in total. The zero-order valence-electron chi connectivity index (χ0n) is 16.8. The lowest BCUT2D eigenvalue weighted by molar-refractivity contribution is 0.223. The monoisotopic (exact) mass is 426 g/mol. The molecule has 0 saturated heterocycles. The average molecular weight is 427 g/mol. The Morgan fingerprint density at radius 2 is 1.81 bits per heavy atom. The van der Waals surface area contributed by atoms with Crippen LogP contribution in [-0.2, 0) is 0 Å². The molecule has 6 heteroatoms. The highest BCUT2D eigenvalue weighted by molar-refractivity contribution is 6.30. The predicted octanol–water partition coefficient (Wildman–Crippen LogP) is 5.80. The van der Waals surface area contributed by atoms with Crippen molar-refractivity contribution in [2.24, 2.45) is 0 Å². The van der Waals surface area contributed by atoms with Gasteiger partial charge in [-0.05, 0) is 42.3 Å². The van der Waals surface area contributed by atoms with Crippen molar-refractivity contribution in [3.8, 4) is 5.75 Å². The van der Waals surface area contributed by atoms with Crippen LogP contribution in [0.4, 0.5) is 5.95 Å². The van der Waals surface area contributed by atoms with Crippen molar-refractivity contribution in [2.45, 2.75) is 19.1 Å². The third kappa shape index (κ3) is 2.93. The largest absolute Gasteiger partial charge is 0.480 e. The number of halogens is 1. The van der Waals surface area contributed by atoms with E-state index in [-0.39, 0.29) is 12.1 Å². The van der Waals surface area contributed by atoms with Gasteiger partial charge in [0.1, 0.15) is 24.2 Å². The van der Waals surface area contributed by atoms with E-state index in [1.807, 2.05) is 41.1 Å². The maximum Gasteiger partial charge on any atom is 0.226 e. The molecule has 3 aromatic carbocycles. The molecule has 3 heterocycles. The number of hydrogen-bond acceptors (Lipinski definition) is 4. The summed E-state index contributed by atoms with van der Waals surface area (Å²) in [6.07, 6.45) is 1.27. The third-order valence-corrected chi connectivity index (χ3v) is 6.10. The van der Waals surface area contributed by atoms with Gasteiger partial charge in [-0.25, -0.2) is 4.68 Å². The Balaban J connectivity index is 1.63. The minimum Gasteiger partial charge on any atom is -0.480 e. The van der Waals surface area contributed by atoms with Gasteiger partial charge in [0.25, 0.3) is 0 Å². The van der Waals surface area contributed by atoms with Gasteiger partial charge in [-0.1, -0.05) is 65.7 Å².